The quantitative estimate of drug-likeness (QED) is 0.879. The second-order valence-electron chi connectivity index (χ2n) is 5.03. The van der Waals surface area contributed by atoms with E-state index in [0.717, 1.165) is 32.5 Å². The van der Waals surface area contributed by atoms with Gasteiger partial charge in [0.05, 0.1) is 0 Å². The highest BCUT2D eigenvalue weighted by Crippen LogP contribution is 2.15. The van der Waals surface area contributed by atoms with Crippen molar-refractivity contribution in [3.05, 3.63) is 34.9 Å². The van der Waals surface area contributed by atoms with E-state index >= 15 is 0 Å². The molecule has 1 heterocycles. The van der Waals surface area contributed by atoms with Crippen molar-refractivity contribution in [2.45, 2.75) is 39.3 Å². The van der Waals surface area contributed by atoms with Gasteiger partial charge >= 0.3 is 0 Å². The van der Waals surface area contributed by atoms with Gasteiger partial charge in [-0.25, -0.2) is 0 Å². The molecule has 0 unspecified atom stereocenters. The molecular formula is C14H23ClN2. The molecule has 17 heavy (non-hydrogen) atoms. The second-order valence-corrected chi connectivity index (χ2v) is 5.03. The van der Waals surface area contributed by atoms with Crippen molar-refractivity contribution in [2.75, 3.05) is 13.1 Å². The molecule has 0 aromatic heterocycles. The van der Waals surface area contributed by atoms with Gasteiger partial charge in [0.25, 0.3) is 0 Å². The van der Waals surface area contributed by atoms with Crippen LogP contribution in [0.15, 0.2) is 18.2 Å². The van der Waals surface area contributed by atoms with E-state index in [1.807, 2.05) is 0 Å². The molecule has 0 spiro atoms. The fraction of sp³-hybridized carbons (Fsp3) is 0.571. The predicted octanol–water partition coefficient (Wildman–Crippen LogP) is 2.65. The highest BCUT2D eigenvalue weighted by Gasteiger charge is 2.15. The van der Waals surface area contributed by atoms with Gasteiger partial charge < -0.3 is 5.73 Å². The van der Waals surface area contributed by atoms with Crippen LogP contribution in [0.2, 0.25) is 0 Å². The second kappa shape index (κ2) is 6.39. The summed E-state index contributed by atoms with van der Waals surface area (Å²) in [6.45, 7) is 7.72. The van der Waals surface area contributed by atoms with Crippen LogP contribution in [0, 0.1) is 13.8 Å². The summed E-state index contributed by atoms with van der Waals surface area (Å²) in [7, 11) is 0. The Morgan fingerprint density at radius 2 is 1.82 bits per heavy atom. The van der Waals surface area contributed by atoms with E-state index in [2.05, 4.69) is 36.9 Å². The van der Waals surface area contributed by atoms with Crippen LogP contribution in [0.3, 0.4) is 0 Å². The molecule has 2 N–H and O–H groups in total. The summed E-state index contributed by atoms with van der Waals surface area (Å²) in [6.07, 6.45) is 2.29. The molecule has 2 rings (SSSR count). The molecular weight excluding hydrogens is 232 g/mol. The van der Waals surface area contributed by atoms with E-state index < -0.39 is 0 Å². The zero-order chi connectivity index (χ0) is 11.5. The van der Waals surface area contributed by atoms with Gasteiger partial charge in [0.2, 0.25) is 0 Å². The Bertz CT molecular complexity index is 357. The summed E-state index contributed by atoms with van der Waals surface area (Å²) in [5, 5.41) is 0. The Kier molecular flexibility index (Phi) is 5.44. The van der Waals surface area contributed by atoms with Crippen molar-refractivity contribution < 1.29 is 0 Å². The van der Waals surface area contributed by atoms with E-state index in [1.165, 1.54) is 16.7 Å². The molecule has 1 saturated heterocycles. The molecule has 1 aliphatic rings. The van der Waals surface area contributed by atoms with Crippen molar-refractivity contribution >= 4 is 12.4 Å². The molecule has 96 valence electrons. The van der Waals surface area contributed by atoms with Crippen molar-refractivity contribution in [3.63, 3.8) is 0 Å². The topological polar surface area (TPSA) is 29.3 Å². The van der Waals surface area contributed by atoms with Crippen LogP contribution >= 0.6 is 12.4 Å². The summed E-state index contributed by atoms with van der Waals surface area (Å²) >= 11 is 0. The first-order valence-corrected chi connectivity index (χ1v) is 6.19. The molecule has 1 aromatic carbocycles. The fourth-order valence-electron chi connectivity index (χ4n) is 2.27. The minimum Gasteiger partial charge on any atom is -0.328 e. The molecule has 1 aromatic rings. The van der Waals surface area contributed by atoms with E-state index in [4.69, 9.17) is 5.73 Å². The predicted molar refractivity (Wildman–Crippen MR) is 75.7 cm³/mol. The van der Waals surface area contributed by atoms with E-state index in [-0.39, 0.29) is 12.4 Å². The number of rotatable bonds is 2. The minimum atomic E-state index is 0. The van der Waals surface area contributed by atoms with Crippen LogP contribution in [0.4, 0.5) is 0 Å². The summed E-state index contributed by atoms with van der Waals surface area (Å²) in [6, 6.07) is 7.21. The lowest BCUT2D eigenvalue weighted by Crippen LogP contribution is -2.39. The van der Waals surface area contributed by atoms with Crippen LogP contribution in [0.5, 0.6) is 0 Å². The zero-order valence-electron chi connectivity index (χ0n) is 10.8. The Balaban J connectivity index is 0.00000144. The smallest absolute Gasteiger partial charge is 0.0233 e. The number of likely N-dealkylation sites (tertiary alicyclic amines) is 1. The molecule has 0 radical (unpaired) electrons. The third-order valence-electron chi connectivity index (χ3n) is 3.61. The van der Waals surface area contributed by atoms with Gasteiger partial charge in [0.15, 0.2) is 0 Å². The van der Waals surface area contributed by atoms with Gasteiger partial charge in [-0.3, -0.25) is 4.90 Å². The van der Waals surface area contributed by atoms with Gasteiger partial charge in [-0.1, -0.05) is 18.2 Å². The standard InChI is InChI=1S/C14H22N2.ClH/c1-11-3-4-13(9-12(11)2)10-16-7-5-14(15)6-8-16;/h3-4,9,14H,5-8,10,15H2,1-2H3;1H. The normalized spacial score (nSPS) is 17.8. The average molecular weight is 255 g/mol. The maximum absolute atomic E-state index is 5.91. The number of hydrogen-bond acceptors (Lipinski definition) is 2. The highest BCUT2D eigenvalue weighted by molar-refractivity contribution is 5.85. The van der Waals surface area contributed by atoms with E-state index in [1.54, 1.807) is 0 Å². The van der Waals surface area contributed by atoms with Crippen LogP contribution in [0.1, 0.15) is 29.5 Å². The first-order chi connectivity index (χ1) is 7.65. The lowest BCUT2D eigenvalue weighted by Gasteiger charge is -2.30. The Morgan fingerprint density at radius 3 is 2.41 bits per heavy atom. The third kappa shape index (κ3) is 3.98. The number of aryl methyl sites for hydroxylation is 2. The summed E-state index contributed by atoms with van der Waals surface area (Å²) in [4.78, 5) is 2.51. The average Bonchev–Trinajstić information content (AvgIpc) is 2.27. The van der Waals surface area contributed by atoms with E-state index in [0.29, 0.717) is 6.04 Å². The van der Waals surface area contributed by atoms with Crippen molar-refractivity contribution in [1.82, 2.24) is 4.90 Å². The molecule has 0 aliphatic carbocycles. The Morgan fingerprint density at radius 1 is 1.18 bits per heavy atom. The lowest BCUT2D eigenvalue weighted by atomic mass is 10.0. The van der Waals surface area contributed by atoms with E-state index in [9.17, 15) is 0 Å². The SMILES string of the molecule is Cc1ccc(CN2CCC(N)CC2)cc1C.Cl. The summed E-state index contributed by atoms with van der Waals surface area (Å²) in [5.41, 5.74) is 10.1. The largest absolute Gasteiger partial charge is 0.328 e. The number of nitrogens with two attached hydrogens (primary N) is 1. The molecule has 0 saturated carbocycles. The molecule has 0 amide bonds. The molecule has 2 nitrogen and oxygen atoms in total. The third-order valence-corrected chi connectivity index (χ3v) is 3.61. The Labute approximate surface area is 111 Å². The summed E-state index contributed by atoms with van der Waals surface area (Å²) < 4.78 is 0. The van der Waals surface area contributed by atoms with Gasteiger partial charge in [0, 0.05) is 12.6 Å². The number of nitrogens with zero attached hydrogens (tertiary/aromatic N) is 1. The maximum atomic E-state index is 5.91. The van der Waals surface area contributed by atoms with Crippen LogP contribution < -0.4 is 5.73 Å². The number of benzene rings is 1. The fourth-order valence-corrected chi connectivity index (χ4v) is 2.27. The van der Waals surface area contributed by atoms with Gasteiger partial charge in [-0.05, 0) is 56.5 Å². The lowest BCUT2D eigenvalue weighted by molar-refractivity contribution is 0.205. The number of halogens is 1. The maximum Gasteiger partial charge on any atom is 0.0233 e. The zero-order valence-corrected chi connectivity index (χ0v) is 11.6. The Hall–Kier alpha value is -0.570. The van der Waals surface area contributed by atoms with Crippen LogP contribution in [-0.2, 0) is 6.54 Å². The highest BCUT2D eigenvalue weighted by atomic mass is 35.5. The monoisotopic (exact) mass is 254 g/mol. The van der Waals surface area contributed by atoms with Crippen molar-refractivity contribution in [2.24, 2.45) is 5.73 Å². The van der Waals surface area contributed by atoms with Gasteiger partial charge in [-0.15, -0.1) is 12.4 Å². The molecule has 1 fully saturated rings. The number of piperidine rings is 1. The summed E-state index contributed by atoms with van der Waals surface area (Å²) in [5.74, 6) is 0. The number of hydrogen-bond donors (Lipinski definition) is 1. The van der Waals surface area contributed by atoms with Crippen LogP contribution in [0.25, 0.3) is 0 Å². The molecule has 1 aliphatic heterocycles. The van der Waals surface area contributed by atoms with Crippen molar-refractivity contribution in [1.29, 1.82) is 0 Å². The first kappa shape index (κ1) is 14.5. The first-order valence-electron chi connectivity index (χ1n) is 6.19. The van der Waals surface area contributed by atoms with Gasteiger partial charge in [-0.2, -0.15) is 0 Å². The van der Waals surface area contributed by atoms with Crippen molar-refractivity contribution in [3.8, 4) is 0 Å². The van der Waals surface area contributed by atoms with Crippen LogP contribution in [-0.4, -0.2) is 24.0 Å². The minimum absolute atomic E-state index is 0. The molecule has 0 bridgehead atoms. The van der Waals surface area contributed by atoms with Gasteiger partial charge in [0.1, 0.15) is 0 Å². The molecule has 3 heteroatoms. The molecule has 0 atom stereocenters.